The molecule has 0 heterocycles. The molecule has 0 aromatic heterocycles. The summed E-state index contributed by atoms with van der Waals surface area (Å²) in [5.74, 6) is 1.78. The van der Waals surface area contributed by atoms with Crippen molar-refractivity contribution in [3.8, 4) is 0 Å². The maximum absolute atomic E-state index is 3.55. The first-order valence-corrected chi connectivity index (χ1v) is 7.56. The molecule has 0 aliphatic heterocycles. The predicted octanol–water partition coefficient (Wildman–Crippen LogP) is 3.95. The van der Waals surface area contributed by atoms with Crippen molar-refractivity contribution in [2.24, 2.45) is 11.8 Å². The molecular formula is C17H27N. The summed E-state index contributed by atoms with van der Waals surface area (Å²) in [6, 6.07) is 8.89. The molecule has 1 aliphatic rings. The third-order valence-corrected chi connectivity index (χ3v) is 4.47. The molecule has 1 aromatic rings. The van der Waals surface area contributed by atoms with Crippen LogP contribution in [0.15, 0.2) is 24.3 Å². The van der Waals surface area contributed by atoms with Crippen LogP contribution in [0.2, 0.25) is 0 Å². The van der Waals surface area contributed by atoms with Crippen LogP contribution < -0.4 is 5.32 Å². The maximum Gasteiger partial charge on any atom is -0.00179 e. The second-order valence-corrected chi connectivity index (χ2v) is 5.74. The highest BCUT2D eigenvalue weighted by atomic mass is 14.8. The maximum atomic E-state index is 3.55. The van der Waals surface area contributed by atoms with E-state index >= 15 is 0 Å². The third kappa shape index (κ3) is 3.58. The molecule has 1 heteroatoms. The predicted molar refractivity (Wildman–Crippen MR) is 78.9 cm³/mol. The Bertz CT molecular complexity index is 358. The Morgan fingerprint density at radius 2 is 1.83 bits per heavy atom. The van der Waals surface area contributed by atoms with Gasteiger partial charge in [0.15, 0.2) is 0 Å². The van der Waals surface area contributed by atoms with E-state index < -0.39 is 0 Å². The van der Waals surface area contributed by atoms with Gasteiger partial charge in [-0.05, 0) is 62.2 Å². The van der Waals surface area contributed by atoms with Crippen molar-refractivity contribution in [1.29, 1.82) is 0 Å². The Kier molecular flexibility index (Phi) is 5.25. The Balaban J connectivity index is 1.98. The zero-order valence-corrected chi connectivity index (χ0v) is 11.9. The monoisotopic (exact) mass is 245 g/mol. The molecule has 1 aliphatic carbocycles. The highest BCUT2D eigenvalue weighted by Gasteiger charge is 2.24. The second kappa shape index (κ2) is 6.94. The van der Waals surface area contributed by atoms with E-state index in [4.69, 9.17) is 0 Å². The lowest BCUT2D eigenvalue weighted by Crippen LogP contribution is -2.31. The standard InChI is InChI=1S/C17H27N/c1-3-18-13-17-11-7-6-10-16(17)12-15-9-5-4-8-14(15)2/h4-5,8-9,16-18H,3,6-7,10-13H2,1-2H3. The molecule has 1 nitrogen and oxygen atoms in total. The quantitative estimate of drug-likeness (QED) is 0.828. The number of nitrogens with one attached hydrogen (secondary N) is 1. The minimum Gasteiger partial charge on any atom is -0.317 e. The van der Waals surface area contributed by atoms with Crippen LogP contribution in [0.3, 0.4) is 0 Å². The van der Waals surface area contributed by atoms with Gasteiger partial charge in [-0.3, -0.25) is 0 Å². The summed E-state index contributed by atoms with van der Waals surface area (Å²) in [4.78, 5) is 0. The van der Waals surface area contributed by atoms with Gasteiger partial charge in [0, 0.05) is 0 Å². The molecule has 1 N–H and O–H groups in total. The van der Waals surface area contributed by atoms with Crippen LogP contribution >= 0.6 is 0 Å². The number of aryl methyl sites for hydroxylation is 1. The Labute approximate surface area is 112 Å². The van der Waals surface area contributed by atoms with E-state index in [1.165, 1.54) is 44.2 Å². The smallest absolute Gasteiger partial charge is 0.00179 e. The van der Waals surface area contributed by atoms with Crippen LogP contribution in [0, 0.1) is 18.8 Å². The summed E-state index contributed by atoms with van der Waals surface area (Å²) >= 11 is 0. The molecule has 100 valence electrons. The summed E-state index contributed by atoms with van der Waals surface area (Å²) in [6.07, 6.45) is 6.98. The molecule has 1 fully saturated rings. The van der Waals surface area contributed by atoms with Crippen LogP contribution in [0.4, 0.5) is 0 Å². The van der Waals surface area contributed by atoms with Crippen molar-refractivity contribution in [2.75, 3.05) is 13.1 Å². The normalized spacial score (nSPS) is 24.1. The highest BCUT2D eigenvalue weighted by molar-refractivity contribution is 5.26. The third-order valence-electron chi connectivity index (χ3n) is 4.47. The highest BCUT2D eigenvalue weighted by Crippen LogP contribution is 2.32. The molecule has 2 rings (SSSR count). The van der Waals surface area contributed by atoms with Crippen LogP contribution in [0.1, 0.15) is 43.7 Å². The average molecular weight is 245 g/mol. The first kappa shape index (κ1) is 13.6. The van der Waals surface area contributed by atoms with E-state index in [2.05, 4.69) is 43.4 Å². The van der Waals surface area contributed by atoms with E-state index in [1.807, 2.05) is 0 Å². The van der Waals surface area contributed by atoms with Gasteiger partial charge in [-0.15, -0.1) is 0 Å². The number of hydrogen-bond acceptors (Lipinski definition) is 1. The van der Waals surface area contributed by atoms with Gasteiger partial charge >= 0.3 is 0 Å². The SMILES string of the molecule is CCNCC1CCCCC1Cc1ccccc1C. The summed E-state index contributed by atoms with van der Waals surface area (Å²) in [7, 11) is 0. The van der Waals surface area contributed by atoms with E-state index in [1.54, 1.807) is 5.56 Å². The summed E-state index contributed by atoms with van der Waals surface area (Å²) in [5, 5.41) is 3.55. The van der Waals surface area contributed by atoms with Crippen molar-refractivity contribution in [3.63, 3.8) is 0 Å². The Hall–Kier alpha value is -0.820. The number of rotatable bonds is 5. The second-order valence-electron chi connectivity index (χ2n) is 5.74. The van der Waals surface area contributed by atoms with E-state index in [-0.39, 0.29) is 0 Å². The molecule has 2 atom stereocenters. The largest absolute Gasteiger partial charge is 0.317 e. The Morgan fingerprint density at radius 1 is 1.11 bits per heavy atom. The zero-order valence-electron chi connectivity index (χ0n) is 11.9. The fourth-order valence-corrected chi connectivity index (χ4v) is 3.27. The number of hydrogen-bond donors (Lipinski definition) is 1. The molecule has 1 saturated carbocycles. The molecule has 2 unspecified atom stereocenters. The molecule has 0 amide bonds. The minimum atomic E-state index is 0.887. The first-order chi connectivity index (χ1) is 8.81. The molecule has 1 aromatic carbocycles. The Morgan fingerprint density at radius 3 is 2.56 bits per heavy atom. The summed E-state index contributed by atoms with van der Waals surface area (Å²) in [5.41, 5.74) is 3.02. The van der Waals surface area contributed by atoms with Gasteiger partial charge in [0.2, 0.25) is 0 Å². The lowest BCUT2D eigenvalue weighted by Gasteiger charge is -2.32. The topological polar surface area (TPSA) is 12.0 Å². The molecular weight excluding hydrogens is 218 g/mol. The molecule has 0 radical (unpaired) electrons. The van der Waals surface area contributed by atoms with Crippen LogP contribution in [0.25, 0.3) is 0 Å². The van der Waals surface area contributed by atoms with Gasteiger partial charge in [0.1, 0.15) is 0 Å². The zero-order chi connectivity index (χ0) is 12.8. The van der Waals surface area contributed by atoms with Gasteiger partial charge in [-0.25, -0.2) is 0 Å². The molecule has 0 spiro atoms. The van der Waals surface area contributed by atoms with E-state index in [0.717, 1.165) is 18.4 Å². The molecule has 0 bridgehead atoms. The van der Waals surface area contributed by atoms with Gasteiger partial charge < -0.3 is 5.32 Å². The fraction of sp³-hybridized carbons (Fsp3) is 0.647. The average Bonchev–Trinajstić information content (AvgIpc) is 2.40. The first-order valence-electron chi connectivity index (χ1n) is 7.56. The summed E-state index contributed by atoms with van der Waals surface area (Å²) in [6.45, 7) is 6.78. The van der Waals surface area contributed by atoms with Gasteiger partial charge in [-0.2, -0.15) is 0 Å². The van der Waals surface area contributed by atoms with Gasteiger partial charge in [-0.1, -0.05) is 44.0 Å². The van der Waals surface area contributed by atoms with Gasteiger partial charge in [0.05, 0.1) is 0 Å². The van der Waals surface area contributed by atoms with Crippen LogP contribution in [-0.2, 0) is 6.42 Å². The lowest BCUT2D eigenvalue weighted by atomic mass is 9.75. The van der Waals surface area contributed by atoms with Crippen molar-refractivity contribution in [3.05, 3.63) is 35.4 Å². The minimum absolute atomic E-state index is 0.887. The van der Waals surface area contributed by atoms with Crippen LogP contribution in [-0.4, -0.2) is 13.1 Å². The van der Waals surface area contributed by atoms with Crippen LogP contribution in [0.5, 0.6) is 0 Å². The van der Waals surface area contributed by atoms with Gasteiger partial charge in [0.25, 0.3) is 0 Å². The van der Waals surface area contributed by atoms with Crippen molar-refractivity contribution < 1.29 is 0 Å². The fourth-order valence-electron chi connectivity index (χ4n) is 3.27. The van der Waals surface area contributed by atoms with E-state index in [0.29, 0.717) is 0 Å². The van der Waals surface area contributed by atoms with Crippen molar-refractivity contribution >= 4 is 0 Å². The van der Waals surface area contributed by atoms with E-state index in [9.17, 15) is 0 Å². The molecule has 0 saturated heterocycles. The number of benzene rings is 1. The summed E-state index contributed by atoms with van der Waals surface area (Å²) < 4.78 is 0. The van der Waals surface area contributed by atoms with Crippen molar-refractivity contribution in [2.45, 2.75) is 46.0 Å². The van der Waals surface area contributed by atoms with Crippen molar-refractivity contribution in [1.82, 2.24) is 5.32 Å². The molecule has 18 heavy (non-hydrogen) atoms. The lowest BCUT2D eigenvalue weighted by molar-refractivity contribution is 0.229.